The minimum absolute atomic E-state index is 0.347. The summed E-state index contributed by atoms with van der Waals surface area (Å²) in [6, 6.07) is 19.4. The minimum Gasteiger partial charge on any atom is -0.384 e. The fourth-order valence-electron chi connectivity index (χ4n) is 2.39. The first-order valence-corrected chi connectivity index (χ1v) is 7.23. The highest BCUT2D eigenvalue weighted by Crippen LogP contribution is 2.25. The van der Waals surface area contributed by atoms with Crippen molar-refractivity contribution in [3.63, 3.8) is 0 Å². The van der Waals surface area contributed by atoms with Crippen LogP contribution in [0.1, 0.15) is 30.5 Å². The predicted octanol–water partition coefficient (Wildman–Crippen LogP) is 4.44. The Kier molecular flexibility index (Phi) is 5.63. The van der Waals surface area contributed by atoms with Gasteiger partial charge in [-0.05, 0) is 30.0 Å². The molecular formula is C18H23NO. The maximum atomic E-state index is 5.19. The lowest BCUT2D eigenvalue weighted by atomic mass is 10.0. The first-order valence-electron chi connectivity index (χ1n) is 7.23. The summed E-state index contributed by atoms with van der Waals surface area (Å²) in [5.74, 6) is 0. The van der Waals surface area contributed by atoms with Crippen molar-refractivity contribution in [2.45, 2.75) is 25.8 Å². The number of ether oxygens (including phenoxy) is 1. The van der Waals surface area contributed by atoms with Crippen molar-refractivity contribution in [2.24, 2.45) is 0 Å². The third-order valence-electron chi connectivity index (χ3n) is 3.53. The maximum absolute atomic E-state index is 5.19. The van der Waals surface area contributed by atoms with Crippen LogP contribution < -0.4 is 5.32 Å². The Hall–Kier alpha value is -1.80. The first kappa shape index (κ1) is 14.6. The van der Waals surface area contributed by atoms with Crippen LogP contribution in [-0.4, -0.2) is 13.7 Å². The molecule has 0 aliphatic heterocycles. The van der Waals surface area contributed by atoms with Crippen LogP contribution >= 0.6 is 0 Å². The van der Waals surface area contributed by atoms with Gasteiger partial charge in [-0.15, -0.1) is 0 Å². The van der Waals surface area contributed by atoms with E-state index < -0.39 is 0 Å². The van der Waals surface area contributed by atoms with Crippen LogP contribution in [0.4, 0.5) is 5.69 Å². The van der Waals surface area contributed by atoms with E-state index >= 15 is 0 Å². The fraction of sp³-hybridized carbons (Fsp3) is 0.333. The normalized spacial score (nSPS) is 12.1. The van der Waals surface area contributed by atoms with E-state index in [0.29, 0.717) is 6.04 Å². The molecule has 2 aromatic carbocycles. The highest BCUT2D eigenvalue weighted by molar-refractivity contribution is 5.52. The summed E-state index contributed by atoms with van der Waals surface area (Å²) in [7, 11) is 1.74. The third-order valence-corrected chi connectivity index (χ3v) is 3.53. The van der Waals surface area contributed by atoms with Crippen LogP contribution in [-0.2, 0) is 11.2 Å². The van der Waals surface area contributed by atoms with E-state index in [2.05, 4.69) is 66.8 Å². The zero-order valence-electron chi connectivity index (χ0n) is 12.3. The molecule has 1 unspecified atom stereocenters. The van der Waals surface area contributed by atoms with Gasteiger partial charge in [-0.1, -0.05) is 55.5 Å². The molecule has 0 radical (unpaired) electrons. The van der Waals surface area contributed by atoms with Gasteiger partial charge in [0, 0.05) is 12.8 Å². The van der Waals surface area contributed by atoms with Crippen LogP contribution in [0.5, 0.6) is 0 Å². The second-order valence-corrected chi connectivity index (χ2v) is 4.92. The highest BCUT2D eigenvalue weighted by atomic mass is 16.5. The average molecular weight is 269 g/mol. The van der Waals surface area contributed by atoms with Crippen molar-refractivity contribution >= 4 is 5.69 Å². The van der Waals surface area contributed by atoms with E-state index in [1.165, 1.54) is 16.8 Å². The molecule has 0 saturated heterocycles. The number of nitrogens with one attached hydrogen (secondary N) is 1. The Labute approximate surface area is 121 Å². The van der Waals surface area contributed by atoms with Crippen LogP contribution in [0.2, 0.25) is 0 Å². The maximum Gasteiger partial charge on any atom is 0.0511 e. The van der Waals surface area contributed by atoms with Crippen molar-refractivity contribution in [3.8, 4) is 0 Å². The summed E-state index contributed by atoms with van der Waals surface area (Å²) in [4.78, 5) is 0. The van der Waals surface area contributed by atoms with Crippen LogP contribution in [0.25, 0.3) is 0 Å². The molecule has 2 nitrogen and oxygen atoms in total. The molecule has 1 N–H and O–H groups in total. The highest BCUT2D eigenvalue weighted by Gasteiger charge is 2.10. The number of methoxy groups -OCH3 is 1. The van der Waals surface area contributed by atoms with Crippen LogP contribution in [0.3, 0.4) is 0 Å². The van der Waals surface area contributed by atoms with Gasteiger partial charge in [0.25, 0.3) is 0 Å². The molecule has 0 saturated carbocycles. The second-order valence-electron chi connectivity index (χ2n) is 4.92. The number of benzene rings is 2. The van der Waals surface area contributed by atoms with Crippen LogP contribution in [0.15, 0.2) is 54.6 Å². The molecule has 0 heterocycles. The Morgan fingerprint density at radius 2 is 1.70 bits per heavy atom. The molecule has 2 aromatic rings. The smallest absolute Gasteiger partial charge is 0.0511 e. The summed E-state index contributed by atoms with van der Waals surface area (Å²) < 4.78 is 5.19. The molecule has 0 spiro atoms. The molecule has 1 atom stereocenters. The lowest BCUT2D eigenvalue weighted by Gasteiger charge is -2.21. The summed E-state index contributed by atoms with van der Waals surface area (Å²) in [5.41, 5.74) is 3.85. The molecule has 20 heavy (non-hydrogen) atoms. The topological polar surface area (TPSA) is 21.3 Å². The molecule has 0 amide bonds. The van der Waals surface area contributed by atoms with Crippen molar-refractivity contribution in [1.29, 1.82) is 0 Å². The molecule has 2 rings (SSSR count). The Morgan fingerprint density at radius 1 is 1.00 bits per heavy atom. The van der Waals surface area contributed by atoms with Gasteiger partial charge in [0.1, 0.15) is 0 Å². The van der Waals surface area contributed by atoms with Crippen molar-refractivity contribution in [1.82, 2.24) is 0 Å². The van der Waals surface area contributed by atoms with Gasteiger partial charge in [0.2, 0.25) is 0 Å². The van der Waals surface area contributed by atoms with Gasteiger partial charge in [0.15, 0.2) is 0 Å². The third kappa shape index (κ3) is 3.84. The summed E-state index contributed by atoms with van der Waals surface area (Å²) in [6.45, 7) is 2.96. The SMILES string of the molecule is CCC(Nc1ccccc1CCOC)c1ccccc1. The van der Waals surface area contributed by atoms with Gasteiger partial charge < -0.3 is 10.1 Å². The fourth-order valence-corrected chi connectivity index (χ4v) is 2.39. The summed E-state index contributed by atoms with van der Waals surface area (Å²) in [5, 5.41) is 3.67. The van der Waals surface area contributed by atoms with Crippen LogP contribution in [0, 0.1) is 0 Å². The lowest BCUT2D eigenvalue weighted by Crippen LogP contribution is -2.11. The monoisotopic (exact) mass is 269 g/mol. The molecular weight excluding hydrogens is 246 g/mol. The largest absolute Gasteiger partial charge is 0.384 e. The quantitative estimate of drug-likeness (QED) is 0.802. The van der Waals surface area contributed by atoms with Gasteiger partial charge in [-0.3, -0.25) is 0 Å². The molecule has 0 aliphatic carbocycles. The number of hydrogen-bond acceptors (Lipinski definition) is 2. The number of hydrogen-bond donors (Lipinski definition) is 1. The van der Waals surface area contributed by atoms with E-state index in [1.54, 1.807) is 7.11 Å². The molecule has 2 heteroatoms. The summed E-state index contributed by atoms with van der Waals surface area (Å²) >= 11 is 0. The second kappa shape index (κ2) is 7.71. The van der Waals surface area contributed by atoms with E-state index in [4.69, 9.17) is 4.74 Å². The molecule has 0 bridgehead atoms. The predicted molar refractivity (Wildman–Crippen MR) is 85.1 cm³/mol. The minimum atomic E-state index is 0.347. The molecule has 0 aliphatic rings. The molecule has 0 aromatic heterocycles. The zero-order chi connectivity index (χ0) is 14.2. The average Bonchev–Trinajstić information content (AvgIpc) is 2.52. The van der Waals surface area contributed by atoms with Crippen molar-refractivity contribution in [2.75, 3.05) is 19.0 Å². The van der Waals surface area contributed by atoms with Crippen molar-refractivity contribution < 1.29 is 4.74 Å². The van der Waals surface area contributed by atoms with Gasteiger partial charge in [-0.25, -0.2) is 0 Å². The number of para-hydroxylation sites is 1. The van der Waals surface area contributed by atoms with Crippen molar-refractivity contribution in [3.05, 3.63) is 65.7 Å². The summed E-state index contributed by atoms with van der Waals surface area (Å²) in [6.07, 6.45) is 1.99. The molecule has 0 fully saturated rings. The molecule has 106 valence electrons. The van der Waals surface area contributed by atoms with E-state index in [1.807, 2.05) is 0 Å². The number of rotatable bonds is 7. The van der Waals surface area contributed by atoms with E-state index in [-0.39, 0.29) is 0 Å². The standard InChI is InChI=1S/C18H23NO/c1-3-17(15-9-5-4-6-10-15)19-18-12-8-7-11-16(18)13-14-20-2/h4-12,17,19H,3,13-14H2,1-2H3. The van der Waals surface area contributed by atoms with Gasteiger partial charge in [0.05, 0.1) is 12.6 Å². The zero-order valence-corrected chi connectivity index (χ0v) is 12.3. The number of anilines is 1. The van der Waals surface area contributed by atoms with E-state index in [0.717, 1.165) is 19.4 Å². The Balaban J connectivity index is 2.15. The van der Waals surface area contributed by atoms with E-state index in [9.17, 15) is 0 Å². The van der Waals surface area contributed by atoms with Gasteiger partial charge in [-0.2, -0.15) is 0 Å². The van der Waals surface area contributed by atoms with Gasteiger partial charge >= 0.3 is 0 Å². The lowest BCUT2D eigenvalue weighted by molar-refractivity contribution is 0.202. The Morgan fingerprint density at radius 3 is 2.40 bits per heavy atom. The Bertz CT molecular complexity index is 510. The first-order chi connectivity index (χ1) is 9.85.